The van der Waals surface area contributed by atoms with Gasteiger partial charge < -0.3 is 15.2 Å². The summed E-state index contributed by atoms with van der Waals surface area (Å²) >= 11 is 0. The van der Waals surface area contributed by atoms with Gasteiger partial charge in [-0.3, -0.25) is 4.40 Å². The Morgan fingerprint density at radius 3 is 2.39 bits per heavy atom. The molecule has 0 radical (unpaired) electrons. The Hall–Kier alpha value is -2.79. The second kappa shape index (κ2) is 11.5. The van der Waals surface area contributed by atoms with E-state index >= 15 is 4.39 Å². The molecule has 2 atom stereocenters. The van der Waals surface area contributed by atoms with Crippen LogP contribution in [0.5, 0.6) is 11.6 Å². The highest BCUT2D eigenvalue weighted by atomic mass is 35.5. The van der Waals surface area contributed by atoms with Crippen LogP contribution in [0.4, 0.5) is 4.39 Å². The molecule has 4 aromatic heterocycles. The molecule has 0 saturated carbocycles. The van der Waals surface area contributed by atoms with Crippen LogP contribution in [0.15, 0.2) is 43.0 Å². The lowest BCUT2D eigenvalue weighted by Gasteiger charge is -2.48. The predicted molar refractivity (Wildman–Crippen MR) is 151 cm³/mol. The Balaban J connectivity index is 0.00000169. The SMILES string of the molecule is Cc1cn2cc(-c3cnc(-c4ccc(O[C@H]5CC(C)(C)NC(C)(C)[C@H]5F)nn4)c(O)c3)cnc2n1.Cl.Cl.Cl. The van der Waals surface area contributed by atoms with Gasteiger partial charge in [-0.1, -0.05) is 0 Å². The van der Waals surface area contributed by atoms with E-state index in [2.05, 4.69) is 30.5 Å². The molecule has 0 bridgehead atoms. The van der Waals surface area contributed by atoms with Gasteiger partial charge >= 0.3 is 0 Å². The Morgan fingerprint density at radius 1 is 1.03 bits per heavy atom. The smallest absolute Gasteiger partial charge is 0.233 e. The molecule has 1 saturated heterocycles. The largest absolute Gasteiger partial charge is 0.506 e. The number of alkyl halides is 1. The molecular formula is C25H31Cl3FN7O2. The zero-order chi connectivity index (χ0) is 25.0. The third-order valence-corrected chi connectivity index (χ3v) is 6.17. The minimum absolute atomic E-state index is 0. The molecule has 0 amide bonds. The number of hydrogen-bond donors (Lipinski definition) is 2. The van der Waals surface area contributed by atoms with Crippen LogP contribution in [0.1, 0.15) is 39.8 Å². The Morgan fingerprint density at radius 2 is 1.74 bits per heavy atom. The summed E-state index contributed by atoms with van der Waals surface area (Å²) in [4.78, 5) is 13.1. The highest BCUT2D eigenvalue weighted by Crippen LogP contribution is 2.34. The van der Waals surface area contributed by atoms with E-state index in [9.17, 15) is 5.11 Å². The number of ether oxygens (including phenoxy) is 1. The van der Waals surface area contributed by atoms with Crippen molar-refractivity contribution in [3.05, 3.63) is 48.7 Å². The van der Waals surface area contributed by atoms with Crippen molar-refractivity contribution in [2.45, 2.75) is 64.4 Å². The van der Waals surface area contributed by atoms with E-state index in [1.165, 1.54) is 0 Å². The molecule has 1 aliphatic heterocycles. The molecule has 0 aliphatic carbocycles. The molecule has 0 aromatic carbocycles. The molecule has 13 heteroatoms. The van der Waals surface area contributed by atoms with E-state index in [0.29, 0.717) is 23.5 Å². The van der Waals surface area contributed by atoms with Crippen molar-refractivity contribution in [1.82, 2.24) is 34.9 Å². The van der Waals surface area contributed by atoms with Gasteiger partial charge in [0.15, 0.2) is 6.17 Å². The van der Waals surface area contributed by atoms with Gasteiger partial charge in [0.2, 0.25) is 11.7 Å². The molecule has 38 heavy (non-hydrogen) atoms. The number of pyridine rings is 1. The lowest BCUT2D eigenvalue weighted by molar-refractivity contribution is -0.0281. The summed E-state index contributed by atoms with van der Waals surface area (Å²) in [7, 11) is 0. The summed E-state index contributed by atoms with van der Waals surface area (Å²) in [6, 6.07) is 4.87. The fraction of sp³-hybridized carbons (Fsp3) is 0.400. The molecular weight excluding hydrogens is 556 g/mol. The lowest BCUT2D eigenvalue weighted by atomic mass is 9.79. The van der Waals surface area contributed by atoms with Gasteiger partial charge in [0.05, 0.1) is 5.69 Å². The molecule has 206 valence electrons. The van der Waals surface area contributed by atoms with Gasteiger partial charge in [-0.15, -0.1) is 47.4 Å². The molecule has 0 unspecified atom stereocenters. The topological polar surface area (TPSA) is 110 Å². The van der Waals surface area contributed by atoms with Crippen LogP contribution in [-0.2, 0) is 0 Å². The number of piperidine rings is 1. The minimum atomic E-state index is -1.21. The number of imidazole rings is 1. The van der Waals surface area contributed by atoms with Crippen molar-refractivity contribution in [1.29, 1.82) is 0 Å². The number of hydrogen-bond acceptors (Lipinski definition) is 8. The summed E-state index contributed by atoms with van der Waals surface area (Å²) in [5.74, 6) is 0.785. The number of aryl methyl sites for hydroxylation is 1. The summed E-state index contributed by atoms with van der Waals surface area (Å²) < 4.78 is 22.7. The van der Waals surface area contributed by atoms with E-state index < -0.39 is 17.8 Å². The fourth-order valence-corrected chi connectivity index (χ4v) is 4.79. The standard InChI is InChI=1S/C25H28FN7O2.3ClH/c1-14-12-33-13-16(11-28-23(33)29-14)15-8-18(34)21(27-10-15)17-6-7-20(31-30-17)35-19-9-24(2,3)32-25(4,5)22(19)26;;;/h6-8,10-13,19,22,32,34H,9H2,1-5H3;3*1H/t19-,22-;;;/m0.../s1. The molecule has 0 spiro atoms. The molecule has 5 rings (SSSR count). The van der Waals surface area contributed by atoms with E-state index in [-0.39, 0.29) is 60.1 Å². The van der Waals surface area contributed by atoms with Gasteiger partial charge in [-0.05, 0) is 46.8 Å². The number of halogens is 4. The molecule has 2 N–H and O–H groups in total. The van der Waals surface area contributed by atoms with E-state index in [1.807, 2.05) is 51.4 Å². The van der Waals surface area contributed by atoms with Crippen LogP contribution in [0.2, 0.25) is 0 Å². The van der Waals surface area contributed by atoms with Gasteiger partial charge in [0.1, 0.15) is 23.2 Å². The Labute approximate surface area is 238 Å². The molecule has 1 fully saturated rings. The van der Waals surface area contributed by atoms with Gasteiger partial charge in [-0.25, -0.2) is 19.3 Å². The average molecular weight is 587 g/mol. The third kappa shape index (κ3) is 6.26. The van der Waals surface area contributed by atoms with Crippen LogP contribution in [0.3, 0.4) is 0 Å². The zero-order valence-electron chi connectivity index (χ0n) is 21.5. The molecule has 1 aliphatic rings. The lowest BCUT2D eigenvalue weighted by Crippen LogP contribution is -2.66. The van der Waals surface area contributed by atoms with Crippen molar-refractivity contribution in [3.8, 4) is 34.1 Å². The van der Waals surface area contributed by atoms with E-state index in [4.69, 9.17) is 4.74 Å². The summed E-state index contributed by atoms with van der Waals surface area (Å²) in [6.07, 6.45) is 5.71. The van der Waals surface area contributed by atoms with Crippen LogP contribution < -0.4 is 10.1 Å². The first-order valence-corrected chi connectivity index (χ1v) is 11.5. The second-order valence-electron chi connectivity index (χ2n) is 10.3. The Bertz CT molecular complexity index is 1400. The first-order valence-electron chi connectivity index (χ1n) is 11.5. The summed E-state index contributed by atoms with van der Waals surface area (Å²) in [5.41, 5.74) is 2.01. The molecule has 4 aromatic rings. The summed E-state index contributed by atoms with van der Waals surface area (Å²) in [5, 5.41) is 22.2. The van der Waals surface area contributed by atoms with Gasteiger partial charge in [0.25, 0.3) is 0 Å². The third-order valence-electron chi connectivity index (χ3n) is 6.17. The van der Waals surface area contributed by atoms with Crippen molar-refractivity contribution in [2.24, 2.45) is 0 Å². The highest BCUT2D eigenvalue weighted by Gasteiger charge is 2.47. The fourth-order valence-electron chi connectivity index (χ4n) is 4.79. The highest BCUT2D eigenvalue weighted by molar-refractivity contribution is 5.86. The molecule has 5 heterocycles. The number of nitrogens with zero attached hydrogens (tertiary/aromatic N) is 6. The Kier molecular flexibility index (Phi) is 9.53. The first-order chi connectivity index (χ1) is 16.5. The number of nitrogens with one attached hydrogen (secondary N) is 1. The maximum atomic E-state index is 15.0. The quantitative estimate of drug-likeness (QED) is 0.337. The van der Waals surface area contributed by atoms with Crippen molar-refractivity contribution < 1.29 is 14.2 Å². The van der Waals surface area contributed by atoms with Gasteiger partial charge in [0, 0.05) is 59.5 Å². The van der Waals surface area contributed by atoms with Gasteiger partial charge in [-0.2, -0.15) is 0 Å². The first kappa shape index (κ1) is 31.4. The van der Waals surface area contributed by atoms with E-state index in [1.54, 1.807) is 30.6 Å². The van der Waals surface area contributed by atoms with Crippen molar-refractivity contribution in [3.63, 3.8) is 0 Å². The number of fused-ring (bicyclic) bond motifs is 1. The molecule has 9 nitrogen and oxygen atoms in total. The maximum Gasteiger partial charge on any atom is 0.233 e. The van der Waals surface area contributed by atoms with Crippen molar-refractivity contribution in [2.75, 3.05) is 0 Å². The maximum absolute atomic E-state index is 15.0. The monoisotopic (exact) mass is 585 g/mol. The zero-order valence-corrected chi connectivity index (χ0v) is 24.0. The summed E-state index contributed by atoms with van der Waals surface area (Å²) in [6.45, 7) is 9.60. The number of aromatic nitrogens is 6. The van der Waals surface area contributed by atoms with Crippen LogP contribution >= 0.6 is 37.2 Å². The van der Waals surface area contributed by atoms with Crippen LogP contribution in [0, 0.1) is 6.92 Å². The minimum Gasteiger partial charge on any atom is -0.506 e. The number of aromatic hydroxyl groups is 1. The van der Waals surface area contributed by atoms with Crippen LogP contribution in [-0.4, -0.2) is 58.0 Å². The van der Waals surface area contributed by atoms with Crippen LogP contribution in [0.25, 0.3) is 28.3 Å². The normalized spacial score (nSPS) is 19.5. The number of rotatable bonds is 4. The van der Waals surface area contributed by atoms with Crippen molar-refractivity contribution >= 4 is 43.0 Å². The second-order valence-corrected chi connectivity index (χ2v) is 10.3. The predicted octanol–water partition coefficient (Wildman–Crippen LogP) is 5.16. The average Bonchev–Trinajstić information content (AvgIpc) is 3.16. The van der Waals surface area contributed by atoms with E-state index in [0.717, 1.165) is 11.3 Å².